The summed E-state index contributed by atoms with van der Waals surface area (Å²) in [5.74, 6) is 0.0306. The van der Waals surface area contributed by atoms with E-state index in [1.807, 2.05) is 0 Å². The highest BCUT2D eigenvalue weighted by Gasteiger charge is 2.14. The maximum absolute atomic E-state index is 13.6. The molecule has 0 bridgehead atoms. The number of halogens is 1. The molecule has 4 aromatic rings. The number of fused-ring (bicyclic) bond motifs is 1. The minimum absolute atomic E-state index is 0.224. The van der Waals surface area contributed by atoms with Crippen LogP contribution in [0.1, 0.15) is 28.4 Å². The Balaban J connectivity index is 1.31. The molecule has 0 saturated heterocycles. The van der Waals surface area contributed by atoms with Crippen molar-refractivity contribution >= 4 is 22.1 Å². The number of hydrogen-bond acceptors (Lipinski definition) is 7. The van der Waals surface area contributed by atoms with E-state index in [-0.39, 0.29) is 12.4 Å². The van der Waals surface area contributed by atoms with E-state index in [0.717, 1.165) is 4.83 Å². The number of rotatable bonds is 6. The zero-order chi connectivity index (χ0) is 18.8. The summed E-state index contributed by atoms with van der Waals surface area (Å²) in [5, 5.41) is 5.61. The minimum atomic E-state index is -0.402. The Morgan fingerprint density at radius 3 is 3.15 bits per heavy atom. The molecular formula is C18H15FN4O3S. The van der Waals surface area contributed by atoms with Gasteiger partial charge in [0.2, 0.25) is 11.7 Å². The van der Waals surface area contributed by atoms with Gasteiger partial charge in [-0.05, 0) is 25.0 Å². The molecule has 4 rings (SSSR count). The van der Waals surface area contributed by atoms with E-state index in [1.54, 1.807) is 41.4 Å². The van der Waals surface area contributed by atoms with E-state index >= 15 is 0 Å². The monoisotopic (exact) mass is 386 g/mol. The van der Waals surface area contributed by atoms with Gasteiger partial charge in [-0.15, -0.1) is 11.3 Å². The van der Waals surface area contributed by atoms with E-state index in [1.165, 1.54) is 17.4 Å². The summed E-state index contributed by atoms with van der Waals surface area (Å²) in [6, 6.07) is 4.79. The molecule has 0 aliphatic carbocycles. The first-order chi connectivity index (χ1) is 13.1. The minimum Gasteiger partial charge on any atom is -0.461 e. The zero-order valence-corrected chi connectivity index (χ0v) is 15.2. The highest BCUT2D eigenvalue weighted by atomic mass is 32.1. The lowest BCUT2D eigenvalue weighted by atomic mass is 10.1. The van der Waals surface area contributed by atoms with Crippen molar-refractivity contribution in [2.75, 3.05) is 6.61 Å². The van der Waals surface area contributed by atoms with Crippen molar-refractivity contribution < 1.29 is 18.4 Å². The van der Waals surface area contributed by atoms with Crippen molar-refractivity contribution in [3.05, 3.63) is 59.1 Å². The molecule has 0 fully saturated rings. The average Bonchev–Trinajstić information content (AvgIpc) is 3.37. The zero-order valence-electron chi connectivity index (χ0n) is 14.4. The van der Waals surface area contributed by atoms with E-state index in [2.05, 4.69) is 15.1 Å². The van der Waals surface area contributed by atoms with E-state index < -0.39 is 5.97 Å². The summed E-state index contributed by atoms with van der Waals surface area (Å²) in [6.45, 7) is 1.91. The molecule has 7 nitrogen and oxygen atoms in total. The van der Waals surface area contributed by atoms with Gasteiger partial charge >= 0.3 is 5.97 Å². The van der Waals surface area contributed by atoms with Gasteiger partial charge < -0.3 is 9.26 Å². The number of imidazole rings is 1. The van der Waals surface area contributed by atoms with E-state index in [4.69, 9.17) is 9.26 Å². The van der Waals surface area contributed by atoms with Gasteiger partial charge in [-0.25, -0.2) is 14.2 Å². The first-order valence-electron chi connectivity index (χ1n) is 8.27. The molecule has 3 aromatic heterocycles. The first kappa shape index (κ1) is 17.3. The Morgan fingerprint density at radius 2 is 2.30 bits per heavy atom. The van der Waals surface area contributed by atoms with Crippen LogP contribution >= 0.6 is 11.3 Å². The molecule has 0 aliphatic heterocycles. The Morgan fingerprint density at radius 1 is 1.41 bits per heavy atom. The van der Waals surface area contributed by atoms with Gasteiger partial charge in [-0.3, -0.25) is 4.40 Å². The third kappa shape index (κ3) is 3.59. The molecule has 138 valence electrons. The van der Waals surface area contributed by atoms with Crippen molar-refractivity contribution in [1.29, 1.82) is 0 Å². The summed E-state index contributed by atoms with van der Waals surface area (Å²) in [4.78, 5) is 21.3. The predicted octanol–water partition coefficient (Wildman–Crippen LogP) is 3.68. The Kier molecular flexibility index (Phi) is 4.68. The van der Waals surface area contributed by atoms with Crippen molar-refractivity contribution in [3.63, 3.8) is 0 Å². The topological polar surface area (TPSA) is 82.5 Å². The van der Waals surface area contributed by atoms with Gasteiger partial charge in [0, 0.05) is 17.4 Å². The van der Waals surface area contributed by atoms with Gasteiger partial charge in [0.15, 0.2) is 0 Å². The van der Waals surface area contributed by atoms with Gasteiger partial charge in [-0.1, -0.05) is 17.3 Å². The Hall–Kier alpha value is -3.07. The van der Waals surface area contributed by atoms with Crippen LogP contribution in [0.4, 0.5) is 4.39 Å². The molecule has 9 heteroatoms. The van der Waals surface area contributed by atoms with Crippen LogP contribution in [0.25, 0.3) is 16.2 Å². The number of aromatic nitrogens is 4. The van der Waals surface area contributed by atoms with E-state index in [9.17, 15) is 9.18 Å². The highest BCUT2D eigenvalue weighted by molar-refractivity contribution is 7.15. The van der Waals surface area contributed by atoms with Gasteiger partial charge in [0.25, 0.3) is 0 Å². The summed E-state index contributed by atoms with van der Waals surface area (Å²) < 4.78 is 25.8. The molecule has 0 aliphatic rings. The number of nitrogens with zero attached hydrogens (tertiary/aromatic N) is 4. The van der Waals surface area contributed by atoms with Crippen molar-refractivity contribution in [2.24, 2.45) is 0 Å². The second-order valence-electron chi connectivity index (χ2n) is 5.94. The highest BCUT2D eigenvalue weighted by Crippen LogP contribution is 2.20. The van der Waals surface area contributed by atoms with Crippen LogP contribution in [0.2, 0.25) is 0 Å². The molecule has 0 amide bonds. The normalized spacial score (nSPS) is 11.2. The van der Waals surface area contributed by atoms with Crippen LogP contribution in [0, 0.1) is 12.7 Å². The van der Waals surface area contributed by atoms with Crippen LogP contribution < -0.4 is 0 Å². The molecule has 0 saturated carbocycles. The molecule has 0 unspecified atom stereocenters. The van der Waals surface area contributed by atoms with Crippen LogP contribution in [0.5, 0.6) is 0 Å². The molecule has 0 radical (unpaired) electrons. The molecule has 3 heterocycles. The SMILES string of the molecule is Cc1ccc(-c2noc(CCCOC(=O)c3csc4cncn34)n2)cc1F. The number of carbonyl (C=O) groups excluding carboxylic acids is 1. The largest absolute Gasteiger partial charge is 0.461 e. The lowest BCUT2D eigenvalue weighted by Gasteiger charge is -2.02. The molecule has 27 heavy (non-hydrogen) atoms. The number of carbonyl (C=O) groups is 1. The number of benzene rings is 1. The smallest absolute Gasteiger partial charge is 0.356 e. The molecular weight excluding hydrogens is 371 g/mol. The number of ether oxygens (including phenoxy) is 1. The van der Waals surface area contributed by atoms with Crippen LogP contribution in [0.15, 0.2) is 40.6 Å². The lowest BCUT2D eigenvalue weighted by molar-refractivity contribution is 0.0490. The number of aryl methyl sites for hydroxylation is 2. The molecule has 1 aromatic carbocycles. The summed E-state index contributed by atoms with van der Waals surface area (Å²) in [5.41, 5.74) is 1.57. The van der Waals surface area contributed by atoms with Crippen LogP contribution in [-0.2, 0) is 11.2 Å². The third-order valence-electron chi connectivity index (χ3n) is 4.03. The fourth-order valence-corrected chi connectivity index (χ4v) is 3.36. The van der Waals surface area contributed by atoms with Gasteiger partial charge in [-0.2, -0.15) is 4.98 Å². The van der Waals surface area contributed by atoms with Crippen molar-refractivity contribution in [1.82, 2.24) is 19.5 Å². The van der Waals surface area contributed by atoms with Crippen LogP contribution in [0.3, 0.4) is 0 Å². The third-order valence-corrected chi connectivity index (χ3v) is 4.92. The average molecular weight is 386 g/mol. The first-order valence-corrected chi connectivity index (χ1v) is 9.15. The number of thiazole rings is 1. The van der Waals surface area contributed by atoms with Crippen molar-refractivity contribution in [3.8, 4) is 11.4 Å². The fourth-order valence-electron chi connectivity index (χ4n) is 2.54. The number of hydrogen-bond donors (Lipinski definition) is 0. The Labute approximate surface area is 157 Å². The number of esters is 1. The molecule has 0 spiro atoms. The Bertz CT molecular complexity index is 1100. The standard InChI is InChI=1S/C18H15FN4O3S/c1-11-4-5-12(7-13(11)19)17-21-15(26-22-17)3-2-6-25-18(24)14-9-27-16-8-20-10-23(14)16/h4-5,7-10H,2-3,6H2,1H3. The summed E-state index contributed by atoms with van der Waals surface area (Å²) in [7, 11) is 0. The van der Waals surface area contributed by atoms with E-state index in [0.29, 0.717) is 41.4 Å². The summed E-state index contributed by atoms with van der Waals surface area (Å²) >= 11 is 1.43. The van der Waals surface area contributed by atoms with Gasteiger partial charge in [0.05, 0.1) is 12.8 Å². The molecule has 0 atom stereocenters. The maximum atomic E-state index is 13.6. The quantitative estimate of drug-likeness (QED) is 0.371. The van der Waals surface area contributed by atoms with Crippen molar-refractivity contribution in [2.45, 2.75) is 19.8 Å². The lowest BCUT2D eigenvalue weighted by Crippen LogP contribution is -2.09. The predicted molar refractivity (Wildman–Crippen MR) is 96.1 cm³/mol. The second kappa shape index (κ2) is 7.28. The summed E-state index contributed by atoms with van der Waals surface area (Å²) in [6.07, 6.45) is 4.26. The fraction of sp³-hybridized carbons (Fsp3) is 0.222. The maximum Gasteiger partial charge on any atom is 0.356 e. The van der Waals surface area contributed by atoms with Crippen LogP contribution in [-0.4, -0.2) is 32.1 Å². The second-order valence-corrected chi connectivity index (χ2v) is 6.83. The molecule has 0 N–H and O–H groups in total. The van der Waals surface area contributed by atoms with Gasteiger partial charge in [0.1, 0.15) is 22.7 Å².